The molecule has 2 bridgehead atoms. The molecule has 0 heterocycles. The molecule has 0 N–H and O–H groups in total. The first-order valence-electron chi connectivity index (χ1n) is 5.60. The topological polar surface area (TPSA) is 43.4 Å². The number of Topliss-reactive ketones (excluding diaryl/α,β-unsaturated/α-hetero) is 1. The van der Waals surface area contributed by atoms with Gasteiger partial charge in [0.05, 0.1) is 6.61 Å². The summed E-state index contributed by atoms with van der Waals surface area (Å²) in [6, 6.07) is 0. The highest BCUT2D eigenvalue weighted by molar-refractivity contribution is 5.92. The average Bonchev–Trinajstić information content (AvgIpc) is 2.71. The van der Waals surface area contributed by atoms with Crippen LogP contribution in [0.1, 0.15) is 26.2 Å². The van der Waals surface area contributed by atoms with E-state index < -0.39 is 0 Å². The van der Waals surface area contributed by atoms with E-state index in [1.165, 1.54) is 0 Å². The SMILES string of the molecule is CCCOC(=O)CC1CC2C=CC1C2=O. The van der Waals surface area contributed by atoms with Crippen LogP contribution in [0.4, 0.5) is 0 Å². The maximum atomic E-state index is 11.6. The third kappa shape index (κ3) is 1.96. The molecule has 0 aliphatic heterocycles. The molecule has 0 aromatic carbocycles. The number of allylic oxidation sites excluding steroid dienone is 2. The fraction of sp³-hybridized carbons (Fsp3) is 0.667. The smallest absolute Gasteiger partial charge is 0.306 e. The van der Waals surface area contributed by atoms with Crippen LogP contribution in [0.5, 0.6) is 0 Å². The summed E-state index contributed by atoms with van der Waals surface area (Å²) in [5.74, 6) is 0.402. The van der Waals surface area contributed by atoms with Crippen molar-refractivity contribution in [3.05, 3.63) is 12.2 Å². The highest BCUT2D eigenvalue weighted by Crippen LogP contribution is 2.42. The van der Waals surface area contributed by atoms with Crippen LogP contribution in [-0.2, 0) is 14.3 Å². The first-order chi connectivity index (χ1) is 7.22. The van der Waals surface area contributed by atoms with E-state index >= 15 is 0 Å². The van der Waals surface area contributed by atoms with E-state index in [1.54, 1.807) is 0 Å². The predicted molar refractivity (Wildman–Crippen MR) is 55.1 cm³/mol. The van der Waals surface area contributed by atoms with Crippen molar-refractivity contribution in [1.29, 1.82) is 0 Å². The first kappa shape index (κ1) is 10.4. The average molecular weight is 208 g/mol. The van der Waals surface area contributed by atoms with Crippen molar-refractivity contribution in [3.63, 3.8) is 0 Å². The maximum absolute atomic E-state index is 11.6. The second kappa shape index (κ2) is 4.17. The Balaban J connectivity index is 1.84. The number of fused-ring (bicyclic) bond motifs is 2. The summed E-state index contributed by atoms with van der Waals surface area (Å²) in [5.41, 5.74) is 0. The van der Waals surface area contributed by atoms with E-state index in [0.717, 1.165) is 12.8 Å². The van der Waals surface area contributed by atoms with Gasteiger partial charge < -0.3 is 4.74 Å². The predicted octanol–water partition coefficient (Wildman–Crippen LogP) is 1.72. The Hall–Kier alpha value is -1.12. The number of hydrogen-bond acceptors (Lipinski definition) is 3. The van der Waals surface area contributed by atoms with Gasteiger partial charge in [-0.25, -0.2) is 0 Å². The summed E-state index contributed by atoms with van der Waals surface area (Å²) >= 11 is 0. The molecule has 2 rings (SSSR count). The molecule has 3 unspecified atom stereocenters. The van der Waals surface area contributed by atoms with E-state index in [1.807, 2.05) is 19.1 Å². The van der Waals surface area contributed by atoms with Gasteiger partial charge in [-0.05, 0) is 18.8 Å². The molecule has 0 radical (unpaired) electrons. The van der Waals surface area contributed by atoms with Crippen LogP contribution in [-0.4, -0.2) is 18.4 Å². The molecule has 0 saturated heterocycles. The van der Waals surface area contributed by atoms with Crippen LogP contribution in [0.3, 0.4) is 0 Å². The Morgan fingerprint density at radius 3 is 2.87 bits per heavy atom. The molecule has 3 heteroatoms. The minimum atomic E-state index is -0.157. The lowest BCUT2D eigenvalue weighted by Crippen LogP contribution is -2.17. The molecular weight excluding hydrogens is 192 g/mol. The number of carbonyl (C=O) groups is 2. The van der Waals surface area contributed by atoms with E-state index in [9.17, 15) is 9.59 Å². The Kier molecular flexibility index (Phi) is 2.89. The zero-order valence-corrected chi connectivity index (χ0v) is 8.94. The van der Waals surface area contributed by atoms with Crippen LogP contribution < -0.4 is 0 Å². The lowest BCUT2D eigenvalue weighted by Gasteiger charge is -2.15. The fourth-order valence-electron chi connectivity index (χ4n) is 2.45. The van der Waals surface area contributed by atoms with Crippen LogP contribution in [0.2, 0.25) is 0 Å². The molecular formula is C12H16O3. The van der Waals surface area contributed by atoms with E-state index in [-0.39, 0.29) is 23.7 Å². The number of ether oxygens (including phenoxy) is 1. The van der Waals surface area contributed by atoms with Crippen LogP contribution in [0.15, 0.2) is 12.2 Å². The van der Waals surface area contributed by atoms with Crippen molar-refractivity contribution < 1.29 is 14.3 Å². The number of ketones is 1. The third-order valence-corrected chi connectivity index (χ3v) is 3.21. The van der Waals surface area contributed by atoms with Crippen molar-refractivity contribution >= 4 is 11.8 Å². The zero-order valence-electron chi connectivity index (χ0n) is 8.94. The highest BCUT2D eigenvalue weighted by atomic mass is 16.5. The monoisotopic (exact) mass is 208 g/mol. The van der Waals surface area contributed by atoms with Crippen molar-refractivity contribution in [2.24, 2.45) is 17.8 Å². The molecule has 15 heavy (non-hydrogen) atoms. The molecule has 1 saturated carbocycles. The summed E-state index contributed by atoms with van der Waals surface area (Å²) in [5, 5.41) is 0. The van der Waals surface area contributed by atoms with E-state index in [2.05, 4.69) is 0 Å². The van der Waals surface area contributed by atoms with Crippen molar-refractivity contribution in [2.75, 3.05) is 6.61 Å². The zero-order chi connectivity index (χ0) is 10.8. The van der Waals surface area contributed by atoms with Gasteiger partial charge in [0.25, 0.3) is 0 Å². The molecule has 2 aliphatic carbocycles. The number of carbonyl (C=O) groups excluding carboxylic acids is 2. The summed E-state index contributed by atoms with van der Waals surface area (Å²) in [4.78, 5) is 22.9. The molecule has 0 amide bonds. The lowest BCUT2D eigenvalue weighted by atomic mass is 9.91. The van der Waals surface area contributed by atoms with Gasteiger partial charge >= 0.3 is 5.97 Å². The fourth-order valence-corrected chi connectivity index (χ4v) is 2.45. The molecule has 82 valence electrons. The largest absolute Gasteiger partial charge is 0.466 e. The molecule has 3 atom stereocenters. The first-order valence-corrected chi connectivity index (χ1v) is 5.60. The van der Waals surface area contributed by atoms with Crippen molar-refractivity contribution in [1.82, 2.24) is 0 Å². The van der Waals surface area contributed by atoms with Gasteiger partial charge in [0, 0.05) is 18.3 Å². The number of hydrogen-bond donors (Lipinski definition) is 0. The molecule has 3 nitrogen and oxygen atoms in total. The molecule has 0 spiro atoms. The van der Waals surface area contributed by atoms with Gasteiger partial charge in [-0.15, -0.1) is 0 Å². The van der Waals surface area contributed by atoms with Gasteiger partial charge in [-0.3, -0.25) is 9.59 Å². The van der Waals surface area contributed by atoms with Crippen LogP contribution >= 0.6 is 0 Å². The maximum Gasteiger partial charge on any atom is 0.306 e. The van der Waals surface area contributed by atoms with Crippen molar-refractivity contribution in [3.8, 4) is 0 Å². The summed E-state index contributed by atoms with van der Waals surface area (Å²) in [6.07, 6.45) is 6.01. The third-order valence-electron chi connectivity index (χ3n) is 3.21. The molecule has 0 aromatic heterocycles. The van der Waals surface area contributed by atoms with Crippen LogP contribution in [0, 0.1) is 17.8 Å². The molecule has 1 fully saturated rings. The Morgan fingerprint density at radius 2 is 2.33 bits per heavy atom. The molecule has 0 aromatic rings. The Morgan fingerprint density at radius 1 is 1.53 bits per heavy atom. The standard InChI is InChI=1S/C12H16O3/c1-2-5-15-11(13)7-9-6-8-3-4-10(9)12(8)14/h3-4,8-10H,2,5-7H2,1H3. The minimum Gasteiger partial charge on any atom is -0.466 e. The van der Waals surface area contributed by atoms with Gasteiger partial charge in [0.15, 0.2) is 0 Å². The highest BCUT2D eigenvalue weighted by Gasteiger charge is 2.44. The quantitative estimate of drug-likeness (QED) is 0.522. The summed E-state index contributed by atoms with van der Waals surface area (Å²) < 4.78 is 5.02. The van der Waals surface area contributed by atoms with Gasteiger partial charge in [-0.2, -0.15) is 0 Å². The Labute approximate surface area is 89.5 Å². The van der Waals surface area contributed by atoms with E-state index in [0.29, 0.717) is 18.8 Å². The second-order valence-electron chi connectivity index (χ2n) is 4.34. The Bertz CT molecular complexity index is 306. The lowest BCUT2D eigenvalue weighted by molar-refractivity contribution is -0.145. The van der Waals surface area contributed by atoms with E-state index in [4.69, 9.17) is 4.74 Å². The number of esters is 1. The van der Waals surface area contributed by atoms with Crippen LogP contribution in [0.25, 0.3) is 0 Å². The van der Waals surface area contributed by atoms with Gasteiger partial charge in [-0.1, -0.05) is 19.1 Å². The number of rotatable bonds is 4. The summed E-state index contributed by atoms with van der Waals surface area (Å²) in [6.45, 7) is 2.46. The normalized spacial score (nSPS) is 32.3. The molecule has 2 aliphatic rings. The van der Waals surface area contributed by atoms with Crippen molar-refractivity contribution in [2.45, 2.75) is 26.2 Å². The van der Waals surface area contributed by atoms with Gasteiger partial charge in [0.1, 0.15) is 5.78 Å². The summed E-state index contributed by atoms with van der Waals surface area (Å²) in [7, 11) is 0. The van der Waals surface area contributed by atoms with Gasteiger partial charge in [0.2, 0.25) is 0 Å². The second-order valence-corrected chi connectivity index (χ2v) is 4.34. The minimum absolute atomic E-state index is 0.0100.